The Morgan fingerprint density at radius 1 is 1.33 bits per heavy atom. The maximum atomic E-state index is 6.01. The van der Waals surface area contributed by atoms with E-state index in [1.807, 2.05) is 24.3 Å². The highest BCUT2D eigenvalue weighted by Gasteiger charge is 2.24. The molecular formula is C14H16N2O2. The van der Waals surface area contributed by atoms with Crippen molar-refractivity contribution in [1.82, 2.24) is 5.16 Å². The number of nitrogens with zero attached hydrogens (tertiary/aromatic N) is 1. The van der Waals surface area contributed by atoms with E-state index in [9.17, 15) is 0 Å². The van der Waals surface area contributed by atoms with Crippen molar-refractivity contribution in [3.05, 3.63) is 35.6 Å². The Bertz CT molecular complexity index is 545. The zero-order valence-electron chi connectivity index (χ0n) is 10.3. The van der Waals surface area contributed by atoms with Gasteiger partial charge in [-0.1, -0.05) is 5.16 Å². The first-order chi connectivity index (χ1) is 8.78. The van der Waals surface area contributed by atoms with E-state index in [4.69, 9.17) is 15.0 Å². The number of hydrogen-bond donors (Lipinski definition) is 1. The van der Waals surface area contributed by atoms with Gasteiger partial charge in [-0.3, -0.25) is 0 Å². The lowest BCUT2D eigenvalue weighted by Crippen LogP contribution is -2.27. The number of rotatable bonds is 2. The average molecular weight is 244 g/mol. The molecule has 0 amide bonds. The van der Waals surface area contributed by atoms with E-state index in [2.05, 4.69) is 5.16 Å². The van der Waals surface area contributed by atoms with Crippen LogP contribution < -0.4 is 10.5 Å². The highest BCUT2D eigenvalue weighted by atomic mass is 16.5. The summed E-state index contributed by atoms with van der Waals surface area (Å²) < 4.78 is 10.6. The van der Waals surface area contributed by atoms with E-state index in [0.717, 1.165) is 42.0 Å². The molecule has 1 aliphatic rings. The number of nitrogens with two attached hydrogens (primary N) is 1. The third kappa shape index (κ3) is 1.88. The van der Waals surface area contributed by atoms with E-state index < -0.39 is 0 Å². The maximum Gasteiger partial charge on any atom is 0.140 e. The van der Waals surface area contributed by atoms with Gasteiger partial charge < -0.3 is 15.0 Å². The van der Waals surface area contributed by atoms with Gasteiger partial charge in [-0.15, -0.1) is 0 Å². The van der Waals surface area contributed by atoms with E-state index >= 15 is 0 Å². The van der Waals surface area contributed by atoms with Crippen LogP contribution in [0.2, 0.25) is 0 Å². The lowest BCUT2D eigenvalue weighted by molar-refractivity contribution is 0.367. The number of ether oxygens (including phenoxy) is 1. The molecule has 1 aromatic heterocycles. The first-order valence-corrected chi connectivity index (χ1v) is 6.15. The molecule has 94 valence electrons. The fraction of sp³-hybridized carbons (Fsp3) is 0.357. The molecule has 4 nitrogen and oxygen atoms in total. The molecule has 1 atom stereocenters. The van der Waals surface area contributed by atoms with Gasteiger partial charge in [-0.05, 0) is 37.1 Å². The van der Waals surface area contributed by atoms with Crippen molar-refractivity contribution in [2.45, 2.75) is 25.3 Å². The number of hydrogen-bond acceptors (Lipinski definition) is 4. The molecule has 1 unspecified atom stereocenters. The zero-order valence-corrected chi connectivity index (χ0v) is 10.3. The van der Waals surface area contributed by atoms with Crippen LogP contribution in [0.15, 0.2) is 28.8 Å². The first kappa shape index (κ1) is 11.3. The van der Waals surface area contributed by atoms with Crippen LogP contribution in [0.25, 0.3) is 11.3 Å². The van der Waals surface area contributed by atoms with Gasteiger partial charge in [0, 0.05) is 23.6 Å². The normalized spacial score (nSPS) is 18.4. The van der Waals surface area contributed by atoms with Crippen LogP contribution in [0.1, 0.15) is 17.7 Å². The number of benzene rings is 1. The molecule has 0 saturated carbocycles. The summed E-state index contributed by atoms with van der Waals surface area (Å²) in [6, 6.07) is 8.07. The molecule has 0 aliphatic heterocycles. The van der Waals surface area contributed by atoms with Gasteiger partial charge in [0.1, 0.15) is 17.2 Å². The molecule has 4 heteroatoms. The third-order valence-electron chi connectivity index (χ3n) is 3.44. The molecule has 2 N–H and O–H groups in total. The second-order valence-electron chi connectivity index (χ2n) is 4.66. The number of aromatic nitrogens is 1. The van der Waals surface area contributed by atoms with Crippen molar-refractivity contribution in [2.24, 2.45) is 5.73 Å². The Kier molecular flexibility index (Phi) is 2.80. The van der Waals surface area contributed by atoms with Gasteiger partial charge in [0.2, 0.25) is 0 Å². The Hall–Kier alpha value is -1.81. The third-order valence-corrected chi connectivity index (χ3v) is 3.44. The molecule has 1 aromatic carbocycles. The fourth-order valence-corrected chi connectivity index (χ4v) is 2.41. The molecule has 3 rings (SSSR count). The molecular weight excluding hydrogens is 228 g/mol. The summed E-state index contributed by atoms with van der Waals surface area (Å²) in [5.41, 5.74) is 9.15. The summed E-state index contributed by atoms with van der Waals surface area (Å²) in [6.07, 6.45) is 2.71. The van der Waals surface area contributed by atoms with Gasteiger partial charge in [0.15, 0.2) is 0 Å². The Morgan fingerprint density at radius 3 is 2.83 bits per heavy atom. The maximum absolute atomic E-state index is 6.01. The Balaban J connectivity index is 1.98. The highest BCUT2D eigenvalue weighted by Crippen LogP contribution is 2.31. The van der Waals surface area contributed by atoms with Gasteiger partial charge in [-0.2, -0.15) is 0 Å². The average Bonchev–Trinajstić information content (AvgIpc) is 2.82. The molecule has 0 fully saturated rings. The van der Waals surface area contributed by atoms with Crippen LogP contribution in [0.5, 0.6) is 5.75 Å². The summed E-state index contributed by atoms with van der Waals surface area (Å²) in [5, 5.41) is 4.19. The number of methoxy groups -OCH3 is 1. The molecule has 0 radical (unpaired) electrons. The van der Waals surface area contributed by atoms with E-state index in [0.29, 0.717) is 0 Å². The molecule has 1 aliphatic carbocycles. The van der Waals surface area contributed by atoms with E-state index in [1.165, 1.54) is 5.56 Å². The van der Waals surface area contributed by atoms with Crippen LogP contribution >= 0.6 is 0 Å². The number of aryl methyl sites for hydroxylation is 1. The second kappa shape index (κ2) is 4.46. The highest BCUT2D eigenvalue weighted by molar-refractivity contribution is 5.64. The quantitative estimate of drug-likeness (QED) is 0.879. The molecule has 2 aromatic rings. The Morgan fingerprint density at radius 2 is 2.11 bits per heavy atom. The molecule has 0 bridgehead atoms. The number of fused-ring (bicyclic) bond motifs is 1. The minimum atomic E-state index is 0.217. The molecule has 18 heavy (non-hydrogen) atoms. The topological polar surface area (TPSA) is 61.3 Å². The molecule has 0 saturated heterocycles. The second-order valence-corrected chi connectivity index (χ2v) is 4.66. The van der Waals surface area contributed by atoms with Gasteiger partial charge in [-0.25, -0.2) is 0 Å². The smallest absolute Gasteiger partial charge is 0.140 e. The van der Waals surface area contributed by atoms with E-state index in [-0.39, 0.29) is 6.04 Å². The largest absolute Gasteiger partial charge is 0.497 e. The van der Waals surface area contributed by atoms with Gasteiger partial charge >= 0.3 is 0 Å². The van der Waals surface area contributed by atoms with Crippen LogP contribution in [0.4, 0.5) is 0 Å². The standard InChI is InChI=1S/C14H16N2O2/c1-17-11-5-2-9(3-6-11)14-12-8-10(15)4-7-13(12)18-16-14/h2-3,5-6,10H,4,7-8,15H2,1H3. The van der Waals surface area contributed by atoms with Crippen molar-refractivity contribution in [2.75, 3.05) is 7.11 Å². The minimum absolute atomic E-state index is 0.217. The van der Waals surface area contributed by atoms with E-state index in [1.54, 1.807) is 7.11 Å². The zero-order chi connectivity index (χ0) is 12.5. The summed E-state index contributed by atoms with van der Waals surface area (Å²) in [4.78, 5) is 0. The van der Waals surface area contributed by atoms with Crippen LogP contribution in [0, 0.1) is 0 Å². The van der Waals surface area contributed by atoms with Crippen molar-refractivity contribution in [3.63, 3.8) is 0 Å². The summed E-state index contributed by atoms with van der Waals surface area (Å²) in [7, 11) is 1.66. The van der Waals surface area contributed by atoms with Crippen LogP contribution in [-0.4, -0.2) is 18.3 Å². The predicted molar refractivity (Wildman–Crippen MR) is 68.5 cm³/mol. The van der Waals surface area contributed by atoms with Crippen molar-refractivity contribution in [1.29, 1.82) is 0 Å². The minimum Gasteiger partial charge on any atom is -0.497 e. The SMILES string of the molecule is COc1ccc(-c2noc3c2CC(N)CC3)cc1. The van der Waals surface area contributed by atoms with Crippen molar-refractivity contribution < 1.29 is 9.26 Å². The monoisotopic (exact) mass is 244 g/mol. The summed E-state index contributed by atoms with van der Waals surface area (Å²) in [5.74, 6) is 1.83. The predicted octanol–water partition coefficient (Wildman–Crippen LogP) is 2.17. The summed E-state index contributed by atoms with van der Waals surface area (Å²) >= 11 is 0. The molecule has 0 spiro atoms. The lowest BCUT2D eigenvalue weighted by atomic mass is 9.91. The lowest BCUT2D eigenvalue weighted by Gasteiger charge is -2.16. The van der Waals surface area contributed by atoms with Crippen molar-refractivity contribution in [3.8, 4) is 17.0 Å². The molecule has 1 heterocycles. The van der Waals surface area contributed by atoms with Crippen LogP contribution in [0.3, 0.4) is 0 Å². The van der Waals surface area contributed by atoms with Crippen LogP contribution in [-0.2, 0) is 12.8 Å². The van der Waals surface area contributed by atoms with Crippen molar-refractivity contribution >= 4 is 0 Å². The Labute approximate surface area is 106 Å². The van der Waals surface area contributed by atoms with Gasteiger partial charge in [0.05, 0.1) is 7.11 Å². The van der Waals surface area contributed by atoms with Gasteiger partial charge in [0.25, 0.3) is 0 Å². The summed E-state index contributed by atoms with van der Waals surface area (Å²) in [6.45, 7) is 0. The first-order valence-electron chi connectivity index (χ1n) is 6.15. The fourth-order valence-electron chi connectivity index (χ4n) is 2.41.